The van der Waals surface area contributed by atoms with Gasteiger partial charge in [-0.05, 0) is 12.1 Å². The maximum absolute atomic E-state index is 11.3. The summed E-state index contributed by atoms with van der Waals surface area (Å²) in [5.41, 5.74) is 5.95. The fourth-order valence-corrected chi connectivity index (χ4v) is 0.922. The molecule has 1 aromatic rings. The van der Waals surface area contributed by atoms with Crippen LogP contribution in [0.15, 0.2) is 18.3 Å². The van der Waals surface area contributed by atoms with Crippen LogP contribution in [0.1, 0.15) is 6.92 Å². The van der Waals surface area contributed by atoms with Gasteiger partial charge in [0.1, 0.15) is 5.82 Å². The molecule has 0 atom stereocenters. The highest BCUT2D eigenvalue weighted by Crippen LogP contribution is 2.12. The lowest BCUT2D eigenvalue weighted by Gasteiger charge is -2.06. The first kappa shape index (κ1) is 11.0. The van der Waals surface area contributed by atoms with Crippen LogP contribution in [0.25, 0.3) is 0 Å². The summed E-state index contributed by atoms with van der Waals surface area (Å²) < 4.78 is 0. The first-order valence-corrected chi connectivity index (χ1v) is 4.34. The minimum absolute atomic E-state index is 0.0797. The monoisotopic (exact) mass is 208 g/mol. The number of nitrogens with two attached hydrogens (primary N) is 1. The fourth-order valence-electron chi connectivity index (χ4n) is 0.922. The highest BCUT2D eigenvalue weighted by molar-refractivity contribution is 5.96. The Morgan fingerprint density at radius 2 is 2.27 bits per heavy atom. The number of carbonyl (C=O) groups excluding carboxylic acids is 2. The maximum atomic E-state index is 11.3. The van der Waals surface area contributed by atoms with Crippen LogP contribution in [-0.2, 0) is 9.59 Å². The van der Waals surface area contributed by atoms with Crippen LogP contribution in [0.4, 0.5) is 11.5 Å². The Morgan fingerprint density at radius 3 is 2.87 bits per heavy atom. The van der Waals surface area contributed by atoms with Crippen LogP contribution >= 0.6 is 0 Å². The van der Waals surface area contributed by atoms with E-state index in [1.165, 1.54) is 13.1 Å². The van der Waals surface area contributed by atoms with Gasteiger partial charge >= 0.3 is 0 Å². The predicted octanol–water partition coefficient (Wildman–Crippen LogP) is -0.262. The minimum atomic E-state index is -0.343. The van der Waals surface area contributed by atoms with E-state index >= 15 is 0 Å². The number of anilines is 2. The SMILES string of the molecule is CC(=O)NCC(=O)Nc1cccnc1N. The first-order chi connectivity index (χ1) is 7.09. The molecule has 80 valence electrons. The van der Waals surface area contributed by atoms with Gasteiger partial charge in [0.15, 0.2) is 0 Å². The van der Waals surface area contributed by atoms with E-state index in [0.717, 1.165) is 0 Å². The molecule has 0 aromatic carbocycles. The normalized spacial score (nSPS) is 9.40. The molecule has 0 saturated carbocycles. The predicted molar refractivity (Wildman–Crippen MR) is 56.0 cm³/mol. The summed E-state index contributed by atoms with van der Waals surface area (Å²) in [5.74, 6) is -0.358. The Labute approximate surface area is 86.9 Å². The average molecular weight is 208 g/mol. The van der Waals surface area contributed by atoms with Crippen molar-refractivity contribution in [3.05, 3.63) is 18.3 Å². The molecule has 1 heterocycles. The van der Waals surface area contributed by atoms with Crippen molar-refractivity contribution in [1.29, 1.82) is 0 Å². The first-order valence-electron chi connectivity index (χ1n) is 4.34. The van der Waals surface area contributed by atoms with Crippen LogP contribution in [0.5, 0.6) is 0 Å². The van der Waals surface area contributed by atoms with E-state index in [0.29, 0.717) is 5.69 Å². The van der Waals surface area contributed by atoms with Gasteiger partial charge in [0.2, 0.25) is 11.8 Å². The van der Waals surface area contributed by atoms with E-state index in [1.807, 2.05) is 0 Å². The highest BCUT2D eigenvalue weighted by Gasteiger charge is 2.05. The second-order valence-corrected chi connectivity index (χ2v) is 2.89. The van der Waals surface area contributed by atoms with Crippen molar-refractivity contribution < 1.29 is 9.59 Å². The van der Waals surface area contributed by atoms with E-state index in [4.69, 9.17) is 5.73 Å². The van der Waals surface area contributed by atoms with Gasteiger partial charge in [-0.1, -0.05) is 0 Å². The fraction of sp³-hybridized carbons (Fsp3) is 0.222. The summed E-state index contributed by atoms with van der Waals surface area (Å²) in [6.07, 6.45) is 1.53. The van der Waals surface area contributed by atoms with E-state index in [1.54, 1.807) is 12.1 Å². The molecule has 2 amide bonds. The Kier molecular flexibility index (Phi) is 3.61. The molecule has 0 aliphatic carbocycles. The number of hydrogen-bond acceptors (Lipinski definition) is 4. The molecule has 0 spiro atoms. The number of nitrogens with zero attached hydrogens (tertiary/aromatic N) is 1. The second-order valence-electron chi connectivity index (χ2n) is 2.89. The molecule has 0 saturated heterocycles. The van der Waals surface area contributed by atoms with Gasteiger partial charge in [-0.15, -0.1) is 0 Å². The molecule has 0 bridgehead atoms. The van der Waals surface area contributed by atoms with Crippen molar-refractivity contribution in [1.82, 2.24) is 10.3 Å². The molecule has 0 radical (unpaired) electrons. The Hall–Kier alpha value is -2.11. The summed E-state index contributed by atoms with van der Waals surface area (Å²) >= 11 is 0. The standard InChI is InChI=1S/C9H12N4O2/c1-6(14)12-5-8(15)13-7-3-2-4-11-9(7)10/h2-4H,5H2,1H3,(H2,10,11)(H,12,14)(H,13,15). The molecule has 1 aromatic heterocycles. The van der Waals surface area contributed by atoms with Crippen LogP contribution < -0.4 is 16.4 Å². The van der Waals surface area contributed by atoms with E-state index in [2.05, 4.69) is 15.6 Å². The van der Waals surface area contributed by atoms with Crippen molar-refractivity contribution in [2.75, 3.05) is 17.6 Å². The molecule has 6 heteroatoms. The Morgan fingerprint density at radius 1 is 1.53 bits per heavy atom. The third-order valence-corrected chi connectivity index (χ3v) is 1.61. The quantitative estimate of drug-likeness (QED) is 0.637. The Bertz CT molecular complexity index is 378. The number of nitrogen functional groups attached to an aromatic ring is 1. The van der Waals surface area contributed by atoms with Crippen LogP contribution in [0, 0.1) is 0 Å². The van der Waals surface area contributed by atoms with Gasteiger partial charge in [-0.25, -0.2) is 4.98 Å². The molecule has 0 aliphatic heterocycles. The number of carbonyl (C=O) groups is 2. The van der Waals surface area contributed by atoms with E-state index < -0.39 is 0 Å². The van der Waals surface area contributed by atoms with Crippen LogP contribution in [-0.4, -0.2) is 23.3 Å². The van der Waals surface area contributed by atoms with Crippen LogP contribution in [0.2, 0.25) is 0 Å². The molecule has 6 nitrogen and oxygen atoms in total. The zero-order valence-corrected chi connectivity index (χ0v) is 8.28. The van der Waals surface area contributed by atoms with E-state index in [-0.39, 0.29) is 24.2 Å². The van der Waals surface area contributed by atoms with Crippen molar-refractivity contribution in [2.24, 2.45) is 0 Å². The molecule has 0 unspecified atom stereocenters. The van der Waals surface area contributed by atoms with Crippen molar-refractivity contribution in [3.63, 3.8) is 0 Å². The minimum Gasteiger partial charge on any atom is -0.382 e. The third kappa shape index (κ3) is 3.63. The molecular formula is C9H12N4O2. The van der Waals surface area contributed by atoms with Gasteiger partial charge < -0.3 is 16.4 Å². The molecular weight excluding hydrogens is 196 g/mol. The molecule has 0 fully saturated rings. The zero-order valence-electron chi connectivity index (χ0n) is 8.28. The smallest absolute Gasteiger partial charge is 0.243 e. The number of amides is 2. The average Bonchev–Trinajstić information content (AvgIpc) is 2.18. The maximum Gasteiger partial charge on any atom is 0.243 e. The topological polar surface area (TPSA) is 97.1 Å². The second kappa shape index (κ2) is 4.94. The van der Waals surface area contributed by atoms with Gasteiger partial charge in [0.25, 0.3) is 0 Å². The van der Waals surface area contributed by atoms with Gasteiger partial charge in [0, 0.05) is 13.1 Å². The Balaban J connectivity index is 2.52. The summed E-state index contributed by atoms with van der Waals surface area (Å²) in [5, 5.41) is 4.90. The lowest BCUT2D eigenvalue weighted by molar-refractivity contribution is -0.122. The van der Waals surface area contributed by atoms with Crippen molar-refractivity contribution in [3.8, 4) is 0 Å². The largest absolute Gasteiger partial charge is 0.382 e. The van der Waals surface area contributed by atoms with E-state index in [9.17, 15) is 9.59 Å². The molecule has 4 N–H and O–H groups in total. The summed E-state index contributed by atoms with van der Waals surface area (Å²) in [4.78, 5) is 25.6. The summed E-state index contributed by atoms with van der Waals surface area (Å²) in [6.45, 7) is 1.26. The molecule has 15 heavy (non-hydrogen) atoms. The molecule has 0 aliphatic rings. The molecule has 1 rings (SSSR count). The number of hydrogen-bond donors (Lipinski definition) is 3. The van der Waals surface area contributed by atoms with Gasteiger partial charge in [-0.2, -0.15) is 0 Å². The van der Waals surface area contributed by atoms with Gasteiger partial charge in [-0.3, -0.25) is 9.59 Å². The number of rotatable bonds is 3. The van der Waals surface area contributed by atoms with Crippen molar-refractivity contribution >= 4 is 23.3 Å². The number of pyridine rings is 1. The highest BCUT2D eigenvalue weighted by atomic mass is 16.2. The van der Waals surface area contributed by atoms with Crippen molar-refractivity contribution in [2.45, 2.75) is 6.92 Å². The number of nitrogens with one attached hydrogen (secondary N) is 2. The summed E-state index contributed by atoms with van der Waals surface area (Å²) in [6, 6.07) is 3.29. The third-order valence-electron chi connectivity index (χ3n) is 1.61. The summed E-state index contributed by atoms with van der Waals surface area (Å²) in [7, 11) is 0. The van der Waals surface area contributed by atoms with Crippen LogP contribution in [0.3, 0.4) is 0 Å². The van der Waals surface area contributed by atoms with Gasteiger partial charge in [0.05, 0.1) is 12.2 Å². The zero-order chi connectivity index (χ0) is 11.3. The lowest BCUT2D eigenvalue weighted by Crippen LogP contribution is -2.31. The number of aromatic nitrogens is 1. The lowest BCUT2D eigenvalue weighted by atomic mass is 10.4.